The molecule has 1 unspecified atom stereocenters. The number of pyridine rings is 1. The monoisotopic (exact) mass is 207 g/mol. The van der Waals surface area contributed by atoms with E-state index in [0.29, 0.717) is 11.3 Å². The summed E-state index contributed by atoms with van der Waals surface area (Å²) >= 11 is 0. The maximum atomic E-state index is 11.5. The van der Waals surface area contributed by atoms with Crippen LogP contribution in [0.15, 0.2) is 23.1 Å². The van der Waals surface area contributed by atoms with Gasteiger partial charge in [0.15, 0.2) is 0 Å². The fourth-order valence-electron chi connectivity index (χ4n) is 2.11. The third-order valence-electron chi connectivity index (χ3n) is 2.43. The zero-order chi connectivity index (χ0) is 11.5. The van der Waals surface area contributed by atoms with Crippen molar-refractivity contribution in [2.75, 3.05) is 0 Å². The van der Waals surface area contributed by atoms with Gasteiger partial charge in [0.1, 0.15) is 0 Å². The Morgan fingerprint density at radius 1 is 1.40 bits per heavy atom. The zero-order valence-electron chi connectivity index (χ0n) is 10.1. The molecule has 1 aromatic heterocycles. The standard InChI is InChI=1S/C13H21NO/c1-10(9-13(2,3)4)8-11-6-5-7-14-12(11)15/h5-7,10H,8-9H2,1-4H3,(H,14,15). The molecule has 0 aliphatic heterocycles. The van der Waals surface area contributed by atoms with Crippen LogP contribution in [0.2, 0.25) is 0 Å². The molecule has 84 valence electrons. The van der Waals surface area contributed by atoms with Crippen molar-refractivity contribution in [3.8, 4) is 0 Å². The van der Waals surface area contributed by atoms with Gasteiger partial charge in [-0.3, -0.25) is 4.79 Å². The lowest BCUT2D eigenvalue weighted by atomic mass is 9.83. The van der Waals surface area contributed by atoms with E-state index in [1.165, 1.54) is 0 Å². The van der Waals surface area contributed by atoms with Crippen LogP contribution in [0.1, 0.15) is 39.7 Å². The van der Waals surface area contributed by atoms with Crippen molar-refractivity contribution in [2.24, 2.45) is 11.3 Å². The predicted octanol–water partition coefficient (Wildman–Crippen LogP) is 2.99. The van der Waals surface area contributed by atoms with Crippen LogP contribution in [0.25, 0.3) is 0 Å². The molecular formula is C13H21NO. The minimum atomic E-state index is 0.0539. The van der Waals surface area contributed by atoms with Gasteiger partial charge in [-0.05, 0) is 30.2 Å². The quantitative estimate of drug-likeness (QED) is 0.812. The summed E-state index contributed by atoms with van der Waals surface area (Å²) in [6.07, 6.45) is 3.69. The van der Waals surface area contributed by atoms with E-state index in [1.807, 2.05) is 12.1 Å². The molecule has 1 atom stereocenters. The molecule has 1 heterocycles. The molecule has 0 fully saturated rings. The number of H-pyrrole nitrogens is 1. The van der Waals surface area contributed by atoms with Gasteiger partial charge < -0.3 is 4.98 Å². The van der Waals surface area contributed by atoms with Gasteiger partial charge in [-0.2, -0.15) is 0 Å². The van der Waals surface area contributed by atoms with Gasteiger partial charge in [0.2, 0.25) is 0 Å². The molecule has 0 radical (unpaired) electrons. The first-order valence-electron chi connectivity index (χ1n) is 5.55. The third-order valence-corrected chi connectivity index (χ3v) is 2.43. The first-order valence-corrected chi connectivity index (χ1v) is 5.55. The van der Waals surface area contributed by atoms with Crippen LogP contribution in [-0.4, -0.2) is 4.98 Å². The number of aromatic amines is 1. The molecule has 1 N–H and O–H groups in total. The lowest BCUT2D eigenvalue weighted by molar-refractivity contribution is 0.305. The van der Waals surface area contributed by atoms with E-state index in [2.05, 4.69) is 32.7 Å². The Kier molecular flexibility index (Phi) is 3.72. The normalized spacial score (nSPS) is 13.9. The van der Waals surface area contributed by atoms with Gasteiger partial charge in [0.25, 0.3) is 5.56 Å². The van der Waals surface area contributed by atoms with Crippen molar-refractivity contribution in [2.45, 2.75) is 40.5 Å². The van der Waals surface area contributed by atoms with Crippen LogP contribution in [-0.2, 0) is 6.42 Å². The second-order valence-electron chi connectivity index (χ2n) is 5.60. The minimum absolute atomic E-state index is 0.0539. The molecular weight excluding hydrogens is 186 g/mol. The first kappa shape index (κ1) is 12.0. The summed E-state index contributed by atoms with van der Waals surface area (Å²) < 4.78 is 0. The molecule has 15 heavy (non-hydrogen) atoms. The highest BCUT2D eigenvalue weighted by atomic mass is 16.1. The van der Waals surface area contributed by atoms with Gasteiger partial charge in [-0.15, -0.1) is 0 Å². The molecule has 0 amide bonds. The van der Waals surface area contributed by atoms with E-state index >= 15 is 0 Å². The molecule has 0 saturated heterocycles. The van der Waals surface area contributed by atoms with Gasteiger partial charge >= 0.3 is 0 Å². The highest BCUT2D eigenvalue weighted by molar-refractivity contribution is 5.09. The lowest BCUT2D eigenvalue weighted by Gasteiger charge is -2.22. The molecule has 0 saturated carbocycles. The van der Waals surface area contributed by atoms with Crippen molar-refractivity contribution in [1.82, 2.24) is 4.98 Å². The first-order chi connectivity index (χ1) is 6.88. The largest absolute Gasteiger partial charge is 0.329 e. The number of nitrogens with one attached hydrogen (secondary N) is 1. The Morgan fingerprint density at radius 2 is 2.07 bits per heavy atom. The second-order valence-corrected chi connectivity index (χ2v) is 5.60. The van der Waals surface area contributed by atoms with Crippen molar-refractivity contribution in [1.29, 1.82) is 0 Å². The maximum absolute atomic E-state index is 11.5. The smallest absolute Gasteiger partial charge is 0.251 e. The van der Waals surface area contributed by atoms with E-state index in [4.69, 9.17) is 0 Å². The van der Waals surface area contributed by atoms with Crippen LogP contribution in [0.5, 0.6) is 0 Å². The molecule has 0 aliphatic rings. The zero-order valence-corrected chi connectivity index (χ0v) is 10.1. The summed E-state index contributed by atoms with van der Waals surface area (Å²) in [5.74, 6) is 0.550. The van der Waals surface area contributed by atoms with Crippen LogP contribution < -0.4 is 5.56 Å². The van der Waals surface area contributed by atoms with Crippen LogP contribution in [0, 0.1) is 11.3 Å². The number of hydrogen-bond acceptors (Lipinski definition) is 1. The fraction of sp³-hybridized carbons (Fsp3) is 0.615. The maximum Gasteiger partial charge on any atom is 0.251 e. The van der Waals surface area contributed by atoms with Crippen molar-refractivity contribution in [3.63, 3.8) is 0 Å². The van der Waals surface area contributed by atoms with E-state index in [-0.39, 0.29) is 5.56 Å². The Bertz CT molecular complexity index is 359. The van der Waals surface area contributed by atoms with E-state index < -0.39 is 0 Å². The van der Waals surface area contributed by atoms with Gasteiger partial charge in [0.05, 0.1) is 0 Å². The Labute approximate surface area is 91.7 Å². The third kappa shape index (κ3) is 4.32. The summed E-state index contributed by atoms with van der Waals surface area (Å²) in [5.41, 5.74) is 1.29. The Morgan fingerprint density at radius 3 is 2.60 bits per heavy atom. The fourth-order valence-corrected chi connectivity index (χ4v) is 2.11. The summed E-state index contributed by atoms with van der Waals surface area (Å²) in [6, 6.07) is 3.80. The molecule has 1 aromatic rings. The van der Waals surface area contributed by atoms with E-state index in [0.717, 1.165) is 18.4 Å². The average Bonchev–Trinajstić information content (AvgIpc) is 2.05. The summed E-state index contributed by atoms with van der Waals surface area (Å²) in [6.45, 7) is 8.91. The van der Waals surface area contributed by atoms with Crippen molar-refractivity contribution < 1.29 is 0 Å². The lowest BCUT2D eigenvalue weighted by Crippen LogP contribution is -2.18. The number of aromatic nitrogens is 1. The van der Waals surface area contributed by atoms with Crippen LogP contribution >= 0.6 is 0 Å². The van der Waals surface area contributed by atoms with E-state index in [1.54, 1.807) is 6.20 Å². The number of hydrogen-bond donors (Lipinski definition) is 1. The van der Waals surface area contributed by atoms with Gasteiger partial charge in [0, 0.05) is 11.8 Å². The summed E-state index contributed by atoms with van der Waals surface area (Å²) in [5, 5.41) is 0. The predicted molar refractivity (Wildman–Crippen MR) is 64.0 cm³/mol. The molecule has 0 bridgehead atoms. The van der Waals surface area contributed by atoms with Crippen molar-refractivity contribution in [3.05, 3.63) is 34.2 Å². The molecule has 0 aliphatic carbocycles. The second kappa shape index (κ2) is 4.65. The summed E-state index contributed by atoms with van der Waals surface area (Å²) in [7, 11) is 0. The van der Waals surface area contributed by atoms with Crippen molar-refractivity contribution >= 4 is 0 Å². The molecule has 2 nitrogen and oxygen atoms in total. The molecule has 2 heteroatoms. The van der Waals surface area contributed by atoms with Gasteiger partial charge in [-0.25, -0.2) is 0 Å². The highest BCUT2D eigenvalue weighted by Crippen LogP contribution is 2.25. The minimum Gasteiger partial charge on any atom is -0.329 e. The molecule has 0 aromatic carbocycles. The van der Waals surface area contributed by atoms with Crippen LogP contribution in [0.3, 0.4) is 0 Å². The Balaban J connectivity index is 2.63. The Hall–Kier alpha value is -1.05. The summed E-state index contributed by atoms with van der Waals surface area (Å²) in [4.78, 5) is 14.2. The number of rotatable bonds is 3. The highest BCUT2D eigenvalue weighted by Gasteiger charge is 2.16. The average molecular weight is 207 g/mol. The van der Waals surface area contributed by atoms with E-state index in [9.17, 15) is 4.79 Å². The molecule has 1 rings (SSSR count). The van der Waals surface area contributed by atoms with Crippen LogP contribution in [0.4, 0.5) is 0 Å². The molecule has 0 spiro atoms. The van der Waals surface area contributed by atoms with Gasteiger partial charge in [-0.1, -0.05) is 33.8 Å². The topological polar surface area (TPSA) is 32.9 Å². The SMILES string of the molecule is CC(Cc1ccc[nH]c1=O)CC(C)(C)C.